The van der Waals surface area contributed by atoms with Crippen LogP contribution in [0, 0.1) is 0 Å². The summed E-state index contributed by atoms with van der Waals surface area (Å²) in [7, 11) is 0. The van der Waals surface area contributed by atoms with Crippen molar-refractivity contribution < 1.29 is 9.32 Å². The average Bonchev–Trinajstić information content (AvgIpc) is 2.72. The molecular formula is C8H12N4O2. The molecule has 1 fully saturated rings. The van der Waals surface area contributed by atoms with Crippen LogP contribution in [0.1, 0.15) is 36.3 Å². The van der Waals surface area contributed by atoms with Gasteiger partial charge in [0.1, 0.15) is 0 Å². The van der Waals surface area contributed by atoms with Gasteiger partial charge in [-0.3, -0.25) is 4.79 Å². The number of nitrogens with zero attached hydrogens (tertiary/aromatic N) is 2. The third-order valence-electron chi connectivity index (χ3n) is 2.18. The van der Waals surface area contributed by atoms with Gasteiger partial charge in [-0.2, -0.15) is 4.98 Å². The number of amides is 1. The molecule has 1 aromatic rings. The van der Waals surface area contributed by atoms with Crippen molar-refractivity contribution in [2.45, 2.75) is 25.3 Å². The van der Waals surface area contributed by atoms with Crippen LogP contribution in [0.15, 0.2) is 4.52 Å². The Morgan fingerprint density at radius 3 is 3.00 bits per heavy atom. The zero-order chi connectivity index (χ0) is 10.2. The van der Waals surface area contributed by atoms with Gasteiger partial charge in [0.2, 0.25) is 5.89 Å². The molecule has 2 rings (SSSR count). The molecule has 14 heavy (non-hydrogen) atoms. The third-order valence-corrected chi connectivity index (χ3v) is 2.18. The maximum Gasteiger partial charge on any atom is 0.292 e. The van der Waals surface area contributed by atoms with Crippen molar-refractivity contribution in [2.75, 3.05) is 6.54 Å². The molecule has 0 aliphatic heterocycles. The highest BCUT2D eigenvalue weighted by Gasteiger charge is 2.45. The summed E-state index contributed by atoms with van der Waals surface area (Å²) in [5, 5.41) is 6.15. The van der Waals surface area contributed by atoms with E-state index in [0.717, 1.165) is 12.8 Å². The summed E-state index contributed by atoms with van der Waals surface area (Å²) >= 11 is 0. The molecule has 0 atom stereocenters. The van der Waals surface area contributed by atoms with E-state index in [1.165, 1.54) is 0 Å². The Morgan fingerprint density at radius 2 is 2.43 bits per heavy atom. The van der Waals surface area contributed by atoms with Gasteiger partial charge in [0.25, 0.3) is 11.7 Å². The Balaban J connectivity index is 2.13. The van der Waals surface area contributed by atoms with E-state index < -0.39 is 5.54 Å². The van der Waals surface area contributed by atoms with Crippen molar-refractivity contribution in [1.29, 1.82) is 0 Å². The fraction of sp³-hybridized carbons (Fsp3) is 0.625. The van der Waals surface area contributed by atoms with E-state index in [9.17, 15) is 4.79 Å². The zero-order valence-corrected chi connectivity index (χ0v) is 7.91. The first kappa shape index (κ1) is 9.14. The summed E-state index contributed by atoms with van der Waals surface area (Å²) in [6.07, 6.45) is 1.67. The van der Waals surface area contributed by atoms with Crippen molar-refractivity contribution in [1.82, 2.24) is 15.5 Å². The van der Waals surface area contributed by atoms with E-state index in [-0.39, 0.29) is 11.7 Å². The molecule has 0 aromatic carbocycles. The zero-order valence-electron chi connectivity index (χ0n) is 7.91. The molecule has 1 amide bonds. The highest BCUT2D eigenvalue weighted by molar-refractivity contribution is 5.90. The molecule has 6 nitrogen and oxygen atoms in total. The van der Waals surface area contributed by atoms with Crippen molar-refractivity contribution in [3.05, 3.63) is 11.7 Å². The number of rotatable bonds is 3. The van der Waals surface area contributed by atoms with Gasteiger partial charge in [-0.15, -0.1) is 0 Å². The number of carbonyl (C=O) groups excluding carboxylic acids is 1. The third kappa shape index (κ3) is 1.48. The smallest absolute Gasteiger partial charge is 0.292 e. The molecule has 1 saturated carbocycles. The van der Waals surface area contributed by atoms with E-state index in [2.05, 4.69) is 15.5 Å². The molecule has 1 aromatic heterocycles. The van der Waals surface area contributed by atoms with Gasteiger partial charge in [-0.05, 0) is 19.8 Å². The topological polar surface area (TPSA) is 94.0 Å². The molecule has 0 saturated heterocycles. The lowest BCUT2D eigenvalue weighted by molar-refractivity contribution is 0.0942. The quantitative estimate of drug-likeness (QED) is 0.696. The van der Waals surface area contributed by atoms with Gasteiger partial charge in [0.15, 0.2) is 0 Å². The van der Waals surface area contributed by atoms with Crippen LogP contribution in [-0.2, 0) is 5.54 Å². The van der Waals surface area contributed by atoms with E-state index in [4.69, 9.17) is 10.3 Å². The summed E-state index contributed by atoms with van der Waals surface area (Å²) < 4.78 is 4.91. The fourth-order valence-corrected chi connectivity index (χ4v) is 1.11. The largest absolute Gasteiger partial charge is 0.349 e. The lowest BCUT2D eigenvalue weighted by Gasteiger charge is -1.97. The highest BCUT2D eigenvalue weighted by Crippen LogP contribution is 2.41. The SMILES string of the molecule is CCNC(=O)c1noc(C2(N)CC2)n1. The Hall–Kier alpha value is -1.43. The first-order valence-electron chi connectivity index (χ1n) is 4.57. The molecule has 76 valence electrons. The fourth-order valence-electron chi connectivity index (χ4n) is 1.11. The summed E-state index contributed by atoms with van der Waals surface area (Å²) in [5.74, 6) is 0.0871. The highest BCUT2D eigenvalue weighted by atomic mass is 16.5. The minimum atomic E-state index is -0.474. The van der Waals surface area contributed by atoms with Gasteiger partial charge in [0, 0.05) is 6.54 Å². The van der Waals surface area contributed by atoms with E-state index in [1.807, 2.05) is 6.92 Å². The molecule has 0 unspecified atom stereocenters. The predicted molar refractivity (Wildman–Crippen MR) is 47.4 cm³/mol. The second-order valence-electron chi connectivity index (χ2n) is 3.44. The molecule has 0 spiro atoms. The molecule has 0 bridgehead atoms. The molecule has 3 N–H and O–H groups in total. The predicted octanol–water partition coefficient (Wildman–Crippen LogP) is -0.233. The molecular weight excluding hydrogens is 184 g/mol. The van der Waals surface area contributed by atoms with Gasteiger partial charge in [-0.1, -0.05) is 5.16 Å². The Labute approximate surface area is 80.9 Å². The van der Waals surface area contributed by atoms with E-state index >= 15 is 0 Å². The summed E-state index contributed by atoms with van der Waals surface area (Å²) in [5.41, 5.74) is 5.35. The summed E-state index contributed by atoms with van der Waals surface area (Å²) in [6, 6.07) is 0. The van der Waals surface area contributed by atoms with Crippen LogP contribution >= 0.6 is 0 Å². The lowest BCUT2D eigenvalue weighted by Crippen LogP contribution is -2.24. The van der Waals surface area contributed by atoms with Crippen LogP contribution in [0.4, 0.5) is 0 Å². The number of nitrogens with one attached hydrogen (secondary N) is 1. The first-order chi connectivity index (χ1) is 6.65. The number of carbonyl (C=O) groups is 1. The van der Waals surface area contributed by atoms with Gasteiger partial charge >= 0.3 is 0 Å². The molecule has 1 heterocycles. The minimum absolute atomic E-state index is 0.0542. The second-order valence-corrected chi connectivity index (χ2v) is 3.44. The minimum Gasteiger partial charge on any atom is -0.349 e. The summed E-state index contributed by atoms with van der Waals surface area (Å²) in [6.45, 7) is 2.36. The van der Waals surface area contributed by atoms with Crippen LogP contribution in [0.3, 0.4) is 0 Å². The second kappa shape index (κ2) is 3.06. The van der Waals surface area contributed by atoms with Gasteiger partial charge < -0.3 is 15.6 Å². The van der Waals surface area contributed by atoms with Crippen molar-refractivity contribution in [2.24, 2.45) is 5.73 Å². The van der Waals surface area contributed by atoms with Crippen LogP contribution in [-0.4, -0.2) is 22.6 Å². The Kier molecular flexibility index (Phi) is 1.99. The standard InChI is InChI=1S/C8H12N4O2/c1-2-10-6(13)5-11-7(14-12-5)8(9)3-4-8/h2-4,9H2,1H3,(H,10,13). The maximum absolute atomic E-state index is 11.3. The number of hydrogen-bond donors (Lipinski definition) is 2. The molecule has 1 aliphatic rings. The van der Waals surface area contributed by atoms with Crippen LogP contribution in [0.25, 0.3) is 0 Å². The van der Waals surface area contributed by atoms with Crippen LogP contribution in [0.2, 0.25) is 0 Å². The van der Waals surface area contributed by atoms with Crippen molar-refractivity contribution in [3.63, 3.8) is 0 Å². The normalized spacial score (nSPS) is 17.9. The number of nitrogens with two attached hydrogens (primary N) is 1. The van der Waals surface area contributed by atoms with Crippen molar-refractivity contribution in [3.8, 4) is 0 Å². The Morgan fingerprint density at radius 1 is 1.71 bits per heavy atom. The average molecular weight is 196 g/mol. The van der Waals surface area contributed by atoms with Crippen LogP contribution in [0.5, 0.6) is 0 Å². The van der Waals surface area contributed by atoms with Crippen LogP contribution < -0.4 is 11.1 Å². The van der Waals surface area contributed by atoms with Gasteiger partial charge in [0.05, 0.1) is 5.54 Å². The van der Waals surface area contributed by atoms with E-state index in [1.54, 1.807) is 0 Å². The number of aromatic nitrogens is 2. The maximum atomic E-state index is 11.3. The Bertz CT molecular complexity index is 356. The summed E-state index contributed by atoms with van der Waals surface area (Å²) in [4.78, 5) is 15.2. The lowest BCUT2D eigenvalue weighted by atomic mass is 10.3. The van der Waals surface area contributed by atoms with Gasteiger partial charge in [-0.25, -0.2) is 0 Å². The monoisotopic (exact) mass is 196 g/mol. The van der Waals surface area contributed by atoms with E-state index in [0.29, 0.717) is 12.4 Å². The molecule has 1 aliphatic carbocycles. The molecule has 6 heteroatoms. The first-order valence-corrected chi connectivity index (χ1v) is 4.57. The van der Waals surface area contributed by atoms with Crippen molar-refractivity contribution >= 4 is 5.91 Å². The number of hydrogen-bond acceptors (Lipinski definition) is 5. The molecule has 0 radical (unpaired) electrons.